The third kappa shape index (κ3) is 1.68. The largest absolute Gasteiger partial charge is 0.447 e. The first kappa shape index (κ1) is 10.3. The third-order valence-electron chi connectivity index (χ3n) is 2.68. The van der Waals surface area contributed by atoms with Crippen LogP contribution in [-0.4, -0.2) is 11.0 Å². The number of ether oxygens (including phenoxy) is 1. The predicted molar refractivity (Wildman–Crippen MR) is 62.9 cm³/mol. The fourth-order valence-electron chi connectivity index (χ4n) is 1.92. The Balaban J connectivity index is 2.10. The minimum atomic E-state index is -0.447. The highest BCUT2D eigenvalue weighted by Crippen LogP contribution is 2.34. The molecule has 0 amide bonds. The lowest BCUT2D eigenvalue weighted by atomic mass is 10.0. The zero-order valence-electron chi connectivity index (χ0n) is 8.76. The number of hydrogen-bond donors (Lipinski definition) is 0. The molecule has 4 heteroatoms. The number of hydrogen-bond acceptors (Lipinski definition) is 3. The van der Waals surface area contributed by atoms with Gasteiger partial charge in [0.1, 0.15) is 5.69 Å². The van der Waals surface area contributed by atoms with Gasteiger partial charge in [-0.05, 0) is 24.3 Å². The van der Waals surface area contributed by atoms with E-state index in [9.17, 15) is 4.79 Å². The monoisotopic (exact) mass is 245 g/mol. The number of rotatable bonds is 1. The summed E-state index contributed by atoms with van der Waals surface area (Å²) in [6.07, 6.45) is 1.20. The zero-order chi connectivity index (χ0) is 11.8. The number of halogens is 1. The molecule has 1 aromatic heterocycles. The van der Waals surface area contributed by atoms with Crippen LogP contribution in [-0.2, 0) is 4.74 Å². The van der Waals surface area contributed by atoms with Crippen LogP contribution in [0.25, 0.3) is 0 Å². The summed E-state index contributed by atoms with van der Waals surface area (Å²) < 4.78 is 5.31. The highest BCUT2D eigenvalue weighted by Gasteiger charge is 2.33. The van der Waals surface area contributed by atoms with Crippen molar-refractivity contribution in [2.75, 3.05) is 0 Å². The van der Waals surface area contributed by atoms with Gasteiger partial charge >= 0.3 is 5.97 Å². The number of aromatic nitrogens is 1. The molecule has 0 aliphatic carbocycles. The number of benzene rings is 1. The van der Waals surface area contributed by atoms with Gasteiger partial charge < -0.3 is 4.74 Å². The Morgan fingerprint density at radius 2 is 2.12 bits per heavy atom. The summed E-state index contributed by atoms with van der Waals surface area (Å²) in [6.45, 7) is 0. The third-order valence-corrected chi connectivity index (χ3v) is 2.92. The van der Waals surface area contributed by atoms with E-state index in [-0.39, 0.29) is 5.97 Å². The highest BCUT2D eigenvalue weighted by molar-refractivity contribution is 6.30. The fourth-order valence-corrected chi connectivity index (χ4v) is 2.12. The summed E-state index contributed by atoms with van der Waals surface area (Å²) in [5.41, 5.74) is 2.01. The lowest BCUT2D eigenvalue weighted by Crippen LogP contribution is -2.01. The molecule has 1 atom stereocenters. The lowest BCUT2D eigenvalue weighted by molar-refractivity contribution is 0.0452. The summed E-state index contributed by atoms with van der Waals surface area (Å²) >= 11 is 5.93. The Morgan fingerprint density at radius 3 is 2.94 bits per heavy atom. The van der Waals surface area contributed by atoms with Crippen molar-refractivity contribution >= 4 is 17.6 Å². The lowest BCUT2D eigenvalue weighted by Gasteiger charge is -2.10. The maximum atomic E-state index is 11.6. The van der Waals surface area contributed by atoms with E-state index in [1.165, 1.54) is 0 Å². The molecular formula is C13H8ClNO2. The predicted octanol–water partition coefficient (Wildman–Crippen LogP) is 2.99. The molecule has 17 heavy (non-hydrogen) atoms. The van der Waals surface area contributed by atoms with Gasteiger partial charge in [-0.15, -0.1) is 0 Å². The molecule has 3 rings (SSSR count). The summed E-state index contributed by atoms with van der Waals surface area (Å²) in [6, 6.07) is 10.7. The molecule has 2 heterocycles. The second-order valence-electron chi connectivity index (χ2n) is 3.78. The second-order valence-corrected chi connectivity index (χ2v) is 4.21. The van der Waals surface area contributed by atoms with Crippen molar-refractivity contribution < 1.29 is 9.53 Å². The summed E-state index contributed by atoms with van der Waals surface area (Å²) in [5.74, 6) is -0.335. The van der Waals surface area contributed by atoms with E-state index in [1.807, 2.05) is 12.1 Å². The highest BCUT2D eigenvalue weighted by atomic mass is 35.5. The van der Waals surface area contributed by atoms with Crippen molar-refractivity contribution in [1.29, 1.82) is 0 Å². The first-order chi connectivity index (χ1) is 8.25. The van der Waals surface area contributed by atoms with E-state index in [0.717, 1.165) is 5.56 Å². The van der Waals surface area contributed by atoms with Gasteiger partial charge in [-0.25, -0.2) is 4.79 Å². The average Bonchev–Trinajstić information content (AvgIpc) is 2.68. The summed E-state index contributed by atoms with van der Waals surface area (Å²) in [4.78, 5) is 15.8. The number of carbonyl (C=O) groups is 1. The maximum absolute atomic E-state index is 11.6. The fraction of sp³-hybridized carbons (Fsp3) is 0.0769. The number of fused-ring (bicyclic) bond motifs is 1. The molecule has 0 N–H and O–H groups in total. The molecule has 0 radical (unpaired) electrons. The molecule has 0 spiro atoms. The Hall–Kier alpha value is -1.87. The van der Waals surface area contributed by atoms with Gasteiger partial charge in [0, 0.05) is 16.8 Å². The summed E-state index contributed by atoms with van der Waals surface area (Å²) in [7, 11) is 0. The normalized spacial score (nSPS) is 17.7. The van der Waals surface area contributed by atoms with Crippen molar-refractivity contribution in [3.8, 4) is 0 Å². The van der Waals surface area contributed by atoms with Gasteiger partial charge in [0.25, 0.3) is 0 Å². The van der Waals surface area contributed by atoms with Gasteiger partial charge in [0.2, 0.25) is 0 Å². The van der Waals surface area contributed by atoms with Crippen molar-refractivity contribution in [3.63, 3.8) is 0 Å². The zero-order valence-corrected chi connectivity index (χ0v) is 9.52. The number of esters is 1. The first-order valence-corrected chi connectivity index (χ1v) is 5.55. The molecular weight excluding hydrogens is 238 g/mol. The Kier molecular flexibility index (Phi) is 2.34. The average molecular weight is 246 g/mol. The second kappa shape index (κ2) is 3.86. The Bertz CT molecular complexity index is 597. The Morgan fingerprint density at radius 1 is 1.24 bits per heavy atom. The number of nitrogens with zero attached hydrogens (tertiary/aromatic N) is 1. The van der Waals surface area contributed by atoms with Gasteiger partial charge in [-0.1, -0.05) is 23.7 Å². The molecule has 0 saturated carbocycles. The SMILES string of the molecule is O=C1OC(c2cccc(Cl)c2)c2ncccc21. The van der Waals surface area contributed by atoms with Crippen molar-refractivity contribution in [2.24, 2.45) is 0 Å². The van der Waals surface area contributed by atoms with E-state index in [0.29, 0.717) is 16.3 Å². The van der Waals surface area contributed by atoms with Crippen LogP contribution in [0.4, 0.5) is 0 Å². The van der Waals surface area contributed by atoms with Crippen molar-refractivity contribution in [1.82, 2.24) is 4.98 Å². The molecule has 1 unspecified atom stereocenters. The molecule has 84 valence electrons. The molecule has 1 aliphatic rings. The van der Waals surface area contributed by atoms with E-state index < -0.39 is 6.10 Å². The maximum Gasteiger partial charge on any atom is 0.341 e. The van der Waals surface area contributed by atoms with Crippen LogP contribution < -0.4 is 0 Å². The van der Waals surface area contributed by atoms with Crippen molar-refractivity contribution in [2.45, 2.75) is 6.10 Å². The molecule has 0 saturated heterocycles. The quantitative estimate of drug-likeness (QED) is 0.725. The van der Waals surface area contributed by atoms with Gasteiger partial charge in [-0.2, -0.15) is 0 Å². The molecule has 0 bridgehead atoms. The smallest absolute Gasteiger partial charge is 0.341 e. The van der Waals surface area contributed by atoms with Crippen molar-refractivity contribution in [3.05, 3.63) is 64.4 Å². The number of cyclic esters (lactones) is 1. The molecule has 1 aliphatic heterocycles. The van der Waals surface area contributed by atoms with Crippen LogP contribution in [0.5, 0.6) is 0 Å². The molecule has 1 aromatic carbocycles. The van der Waals surface area contributed by atoms with Gasteiger partial charge in [-0.3, -0.25) is 4.98 Å². The van der Waals surface area contributed by atoms with Crippen LogP contribution in [0.2, 0.25) is 5.02 Å². The van der Waals surface area contributed by atoms with E-state index in [4.69, 9.17) is 16.3 Å². The number of carbonyl (C=O) groups excluding carboxylic acids is 1. The van der Waals surface area contributed by atoms with E-state index in [2.05, 4.69) is 4.98 Å². The van der Waals surface area contributed by atoms with E-state index >= 15 is 0 Å². The van der Waals surface area contributed by atoms with Gasteiger partial charge in [0.05, 0.1) is 5.56 Å². The van der Waals surface area contributed by atoms with Crippen LogP contribution >= 0.6 is 11.6 Å². The topological polar surface area (TPSA) is 39.2 Å². The number of pyridine rings is 1. The Labute approximate surface area is 103 Å². The van der Waals surface area contributed by atoms with Crippen LogP contribution in [0.3, 0.4) is 0 Å². The standard InChI is InChI=1S/C13H8ClNO2/c14-9-4-1-3-8(7-9)12-11-10(13(16)17-12)5-2-6-15-11/h1-7,12H. The molecule has 0 fully saturated rings. The van der Waals surface area contributed by atoms with Crippen LogP contribution in [0.1, 0.15) is 27.7 Å². The molecule has 3 nitrogen and oxygen atoms in total. The van der Waals surface area contributed by atoms with E-state index in [1.54, 1.807) is 30.5 Å². The minimum Gasteiger partial charge on any atom is -0.447 e. The van der Waals surface area contributed by atoms with Crippen LogP contribution in [0, 0.1) is 0 Å². The van der Waals surface area contributed by atoms with Crippen LogP contribution in [0.15, 0.2) is 42.6 Å². The molecule has 2 aromatic rings. The van der Waals surface area contributed by atoms with Gasteiger partial charge in [0.15, 0.2) is 6.10 Å². The minimum absolute atomic E-state index is 0.335. The first-order valence-electron chi connectivity index (χ1n) is 5.17. The summed E-state index contributed by atoms with van der Waals surface area (Å²) in [5, 5.41) is 0.614.